The van der Waals surface area contributed by atoms with E-state index in [2.05, 4.69) is 20.3 Å². The summed E-state index contributed by atoms with van der Waals surface area (Å²) in [7, 11) is 0. The van der Waals surface area contributed by atoms with Crippen LogP contribution >= 0.6 is 0 Å². The lowest BCUT2D eigenvalue weighted by atomic mass is 10.2. The summed E-state index contributed by atoms with van der Waals surface area (Å²) < 4.78 is 5.45. The van der Waals surface area contributed by atoms with Crippen molar-refractivity contribution in [2.24, 2.45) is 0 Å². The van der Waals surface area contributed by atoms with Crippen LogP contribution in [0.2, 0.25) is 0 Å². The highest BCUT2D eigenvalue weighted by molar-refractivity contribution is 5.92. The summed E-state index contributed by atoms with van der Waals surface area (Å²) in [5.74, 6) is 0.388. The summed E-state index contributed by atoms with van der Waals surface area (Å²) in [5.41, 5.74) is 4.68. The van der Waals surface area contributed by atoms with Crippen molar-refractivity contribution in [3.63, 3.8) is 0 Å². The molecule has 0 radical (unpaired) electrons. The fraction of sp³-hybridized carbons (Fsp3) is 0.278. The number of fused-ring (bicyclic) bond motifs is 1. The van der Waals surface area contributed by atoms with Gasteiger partial charge in [0.2, 0.25) is 11.5 Å². The van der Waals surface area contributed by atoms with E-state index >= 15 is 0 Å². The Morgan fingerprint density at radius 2 is 2.00 bits per heavy atom. The molecular weight excluding hydrogens is 320 g/mol. The predicted octanol–water partition coefficient (Wildman–Crippen LogP) is 2.33. The van der Waals surface area contributed by atoms with Gasteiger partial charge in [-0.3, -0.25) is 9.59 Å². The first-order valence-electron chi connectivity index (χ1n) is 7.96. The highest BCUT2D eigenvalue weighted by atomic mass is 16.5. The Hall–Kier alpha value is -2.93. The molecule has 1 amide bonds. The number of carbonyl (C=O) groups excluding carboxylic acids is 1. The predicted molar refractivity (Wildman–Crippen MR) is 95.7 cm³/mol. The molecule has 7 nitrogen and oxygen atoms in total. The molecule has 2 heterocycles. The lowest BCUT2D eigenvalue weighted by Crippen LogP contribution is -2.21. The Balaban J connectivity index is 1.59. The number of aromatic amines is 2. The van der Waals surface area contributed by atoms with E-state index in [9.17, 15) is 9.59 Å². The Morgan fingerprint density at radius 3 is 2.72 bits per heavy atom. The number of aryl methyl sites for hydroxylation is 3. The molecule has 1 aromatic carbocycles. The van der Waals surface area contributed by atoms with Crippen LogP contribution in [0.4, 0.5) is 5.69 Å². The average Bonchev–Trinajstić information content (AvgIpc) is 2.95. The van der Waals surface area contributed by atoms with Gasteiger partial charge >= 0.3 is 0 Å². The minimum Gasteiger partial charge on any atom is -0.364 e. The molecule has 3 N–H and O–H groups in total. The van der Waals surface area contributed by atoms with Gasteiger partial charge < -0.3 is 20.0 Å². The second-order valence-corrected chi connectivity index (χ2v) is 6.01. The van der Waals surface area contributed by atoms with Gasteiger partial charge in [-0.1, -0.05) is 12.1 Å². The molecule has 0 saturated carbocycles. The van der Waals surface area contributed by atoms with Crippen molar-refractivity contribution in [3.8, 4) is 0 Å². The number of nitrogens with one attached hydrogen (secondary N) is 3. The maximum atomic E-state index is 12.1. The summed E-state index contributed by atoms with van der Waals surface area (Å²) in [6.45, 7) is 5.62. The number of imidazole rings is 1. The molecule has 0 unspecified atom stereocenters. The summed E-state index contributed by atoms with van der Waals surface area (Å²) in [6, 6.07) is 7.35. The molecule has 0 aliphatic rings. The quantitative estimate of drug-likeness (QED) is 0.663. The zero-order chi connectivity index (χ0) is 18.0. The first kappa shape index (κ1) is 16.9. The monoisotopic (exact) mass is 340 g/mol. The maximum Gasteiger partial charge on any atom is 0.250 e. The van der Waals surface area contributed by atoms with Crippen molar-refractivity contribution in [3.05, 3.63) is 57.3 Å². The zero-order valence-corrected chi connectivity index (χ0v) is 14.4. The SMILES string of the molecule is Cc1cc(=O)[nH]c(C)c1NC(=O)COCc1nc2c(C)cccc2[nH]1. The highest BCUT2D eigenvalue weighted by Crippen LogP contribution is 2.17. The number of benzene rings is 1. The molecule has 0 saturated heterocycles. The van der Waals surface area contributed by atoms with Crippen molar-refractivity contribution >= 4 is 22.6 Å². The normalized spacial score (nSPS) is 11.0. The summed E-state index contributed by atoms with van der Waals surface area (Å²) >= 11 is 0. The van der Waals surface area contributed by atoms with Gasteiger partial charge in [-0.25, -0.2) is 4.98 Å². The standard InChI is InChI=1S/C18H20N4O3/c1-10-5-4-6-13-18(10)21-14(20-13)8-25-9-16(24)22-17-11(2)7-15(23)19-12(17)3/h4-7H,8-9H2,1-3H3,(H,19,23)(H,20,21)(H,22,24). The third-order valence-electron chi connectivity index (χ3n) is 3.93. The number of rotatable bonds is 5. The van der Waals surface area contributed by atoms with Crippen LogP contribution in [0.1, 0.15) is 22.6 Å². The van der Waals surface area contributed by atoms with E-state index in [4.69, 9.17) is 4.74 Å². The largest absolute Gasteiger partial charge is 0.364 e. The summed E-state index contributed by atoms with van der Waals surface area (Å²) in [6.07, 6.45) is 0. The Kier molecular flexibility index (Phi) is 4.67. The van der Waals surface area contributed by atoms with Crippen molar-refractivity contribution in [2.75, 3.05) is 11.9 Å². The number of hydrogen-bond acceptors (Lipinski definition) is 4. The third-order valence-corrected chi connectivity index (χ3v) is 3.93. The smallest absolute Gasteiger partial charge is 0.250 e. The molecule has 0 aliphatic heterocycles. The number of nitrogens with zero attached hydrogens (tertiary/aromatic N) is 1. The van der Waals surface area contributed by atoms with Gasteiger partial charge in [-0.2, -0.15) is 0 Å². The second-order valence-electron chi connectivity index (χ2n) is 6.01. The molecule has 0 bridgehead atoms. The van der Waals surface area contributed by atoms with Crippen LogP contribution in [0.25, 0.3) is 11.0 Å². The number of carbonyl (C=O) groups is 1. The van der Waals surface area contributed by atoms with Crippen LogP contribution in [0, 0.1) is 20.8 Å². The van der Waals surface area contributed by atoms with Gasteiger partial charge in [-0.15, -0.1) is 0 Å². The van der Waals surface area contributed by atoms with Gasteiger partial charge in [0.1, 0.15) is 19.0 Å². The maximum absolute atomic E-state index is 12.1. The highest BCUT2D eigenvalue weighted by Gasteiger charge is 2.10. The second kappa shape index (κ2) is 6.90. The minimum atomic E-state index is -0.287. The zero-order valence-electron chi connectivity index (χ0n) is 14.4. The van der Waals surface area contributed by atoms with Crippen molar-refractivity contribution in [1.82, 2.24) is 15.0 Å². The number of ether oxygens (including phenoxy) is 1. The molecular formula is C18H20N4O3. The van der Waals surface area contributed by atoms with E-state index < -0.39 is 0 Å². The van der Waals surface area contributed by atoms with E-state index in [0.717, 1.165) is 16.6 Å². The van der Waals surface area contributed by atoms with Crippen molar-refractivity contribution < 1.29 is 9.53 Å². The van der Waals surface area contributed by atoms with Crippen LogP contribution in [-0.4, -0.2) is 27.5 Å². The average molecular weight is 340 g/mol. The summed E-state index contributed by atoms with van der Waals surface area (Å²) in [5, 5.41) is 2.76. The van der Waals surface area contributed by atoms with Crippen molar-refractivity contribution in [1.29, 1.82) is 0 Å². The van der Waals surface area contributed by atoms with Gasteiger partial charge in [0.15, 0.2) is 0 Å². The van der Waals surface area contributed by atoms with Crippen LogP contribution in [-0.2, 0) is 16.1 Å². The van der Waals surface area contributed by atoms with Crippen LogP contribution in [0.5, 0.6) is 0 Å². The van der Waals surface area contributed by atoms with Gasteiger partial charge in [0.25, 0.3) is 0 Å². The number of amides is 1. The van der Waals surface area contributed by atoms with E-state index in [-0.39, 0.29) is 24.7 Å². The number of para-hydroxylation sites is 1. The molecule has 0 aliphatic carbocycles. The Morgan fingerprint density at radius 1 is 1.20 bits per heavy atom. The molecule has 3 aromatic rings. The Labute approximate surface area is 144 Å². The molecule has 7 heteroatoms. The van der Waals surface area contributed by atoms with E-state index in [1.165, 1.54) is 6.07 Å². The lowest BCUT2D eigenvalue weighted by Gasteiger charge is -2.11. The third kappa shape index (κ3) is 3.77. The molecule has 0 fully saturated rings. The van der Waals surface area contributed by atoms with Crippen molar-refractivity contribution in [2.45, 2.75) is 27.4 Å². The van der Waals surface area contributed by atoms with Gasteiger partial charge in [-0.05, 0) is 38.0 Å². The first-order valence-corrected chi connectivity index (χ1v) is 7.96. The fourth-order valence-corrected chi connectivity index (χ4v) is 2.75. The lowest BCUT2D eigenvalue weighted by molar-refractivity contribution is -0.121. The van der Waals surface area contributed by atoms with Crippen LogP contribution in [0.15, 0.2) is 29.1 Å². The minimum absolute atomic E-state index is 0.103. The molecule has 2 aromatic heterocycles. The van der Waals surface area contributed by atoms with Crippen LogP contribution in [0.3, 0.4) is 0 Å². The number of aromatic nitrogens is 3. The van der Waals surface area contributed by atoms with E-state index in [1.54, 1.807) is 13.8 Å². The van der Waals surface area contributed by atoms with Gasteiger partial charge in [0.05, 0.1) is 16.7 Å². The number of hydrogen-bond donors (Lipinski definition) is 3. The number of H-pyrrole nitrogens is 2. The summed E-state index contributed by atoms with van der Waals surface area (Å²) in [4.78, 5) is 33.7. The van der Waals surface area contributed by atoms with Gasteiger partial charge in [0, 0.05) is 11.8 Å². The van der Waals surface area contributed by atoms with E-state index in [1.807, 2.05) is 25.1 Å². The first-order chi connectivity index (χ1) is 11.9. The Bertz CT molecular complexity index is 961. The number of pyridine rings is 1. The van der Waals surface area contributed by atoms with E-state index in [0.29, 0.717) is 22.8 Å². The molecule has 3 rings (SSSR count). The fourth-order valence-electron chi connectivity index (χ4n) is 2.75. The van der Waals surface area contributed by atoms with Crippen LogP contribution < -0.4 is 10.9 Å². The topological polar surface area (TPSA) is 99.9 Å². The molecule has 0 spiro atoms. The molecule has 0 atom stereocenters. The number of anilines is 1. The molecule has 25 heavy (non-hydrogen) atoms. The molecule has 130 valence electrons.